The van der Waals surface area contributed by atoms with Crippen LogP contribution < -0.4 is 4.74 Å². The Morgan fingerprint density at radius 1 is 1.04 bits per heavy atom. The summed E-state index contributed by atoms with van der Waals surface area (Å²) >= 11 is 0. The first-order valence-corrected chi connectivity index (χ1v) is 8.15. The second-order valence-corrected chi connectivity index (χ2v) is 5.77. The maximum Gasteiger partial charge on any atom is 0.339 e. The number of benzene rings is 2. The van der Waals surface area contributed by atoms with Crippen LogP contribution in [-0.4, -0.2) is 33.0 Å². The van der Waals surface area contributed by atoms with Gasteiger partial charge in [0.15, 0.2) is 11.5 Å². The molecule has 134 valence electrons. The third-order valence-electron chi connectivity index (χ3n) is 3.88. The van der Waals surface area contributed by atoms with Gasteiger partial charge in [0.05, 0.1) is 6.61 Å². The molecule has 0 saturated heterocycles. The van der Waals surface area contributed by atoms with Crippen molar-refractivity contribution >= 4 is 5.97 Å². The van der Waals surface area contributed by atoms with Crippen molar-refractivity contribution in [2.45, 2.75) is 32.6 Å². The number of ether oxygens (including phenoxy) is 1. The van der Waals surface area contributed by atoms with E-state index in [1.807, 2.05) is 6.92 Å². The summed E-state index contributed by atoms with van der Waals surface area (Å²) in [5.41, 5.74) is 1.25. The number of aromatic carboxylic acids is 1. The fourth-order valence-corrected chi connectivity index (χ4v) is 2.60. The zero-order valence-electron chi connectivity index (χ0n) is 14.0. The summed E-state index contributed by atoms with van der Waals surface area (Å²) < 4.78 is 5.72. The van der Waals surface area contributed by atoms with E-state index >= 15 is 0 Å². The van der Waals surface area contributed by atoms with Gasteiger partial charge in [-0.1, -0.05) is 19.4 Å². The van der Waals surface area contributed by atoms with Gasteiger partial charge in [0.25, 0.3) is 0 Å². The molecule has 0 aliphatic rings. The van der Waals surface area contributed by atoms with Gasteiger partial charge >= 0.3 is 5.97 Å². The molecule has 0 radical (unpaired) electrons. The molecule has 0 heterocycles. The number of carboxylic acid groups (broad SMARTS) is 1. The predicted octanol–water partition coefficient (Wildman–Crippen LogP) is 3.47. The fourth-order valence-electron chi connectivity index (χ4n) is 2.60. The molecule has 25 heavy (non-hydrogen) atoms. The fraction of sp³-hybridized carbons (Fsp3) is 0.316. The number of phenols is 3. The quantitative estimate of drug-likeness (QED) is 0.431. The van der Waals surface area contributed by atoms with Crippen molar-refractivity contribution in [2.75, 3.05) is 6.61 Å². The SMILES string of the molecule is CCCc1c(OCCCc2ccc(O)c(O)c2)ccc(C(=O)O)c1O. The average molecular weight is 346 g/mol. The van der Waals surface area contributed by atoms with E-state index in [2.05, 4.69) is 0 Å². The highest BCUT2D eigenvalue weighted by molar-refractivity contribution is 5.91. The Bertz CT molecular complexity index is 754. The van der Waals surface area contributed by atoms with Crippen molar-refractivity contribution in [2.24, 2.45) is 0 Å². The van der Waals surface area contributed by atoms with Crippen LogP contribution in [0.15, 0.2) is 30.3 Å². The highest BCUT2D eigenvalue weighted by atomic mass is 16.5. The van der Waals surface area contributed by atoms with E-state index in [0.717, 1.165) is 12.0 Å². The van der Waals surface area contributed by atoms with E-state index in [1.54, 1.807) is 12.1 Å². The first-order valence-electron chi connectivity index (χ1n) is 8.15. The van der Waals surface area contributed by atoms with Crippen molar-refractivity contribution in [3.63, 3.8) is 0 Å². The van der Waals surface area contributed by atoms with Crippen LogP contribution in [0.2, 0.25) is 0 Å². The summed E-state index contributed by atoms with van der Waals surface area (Å²) in [7, 11) is 0. The maximum absolute atomic E-state index is 11.1. The number of carboxylic acids is 1. The molecule has 2 aromatic rings. The zero-order valence-corrected chi connectivity index (χ0v) is 14.0. The lowest BCUT2D eigenvalue weighted by atomic mass is 10.0. The van der Waals surface area contributed by atoms with E-state index in [4.69, 9.17) is 9.84 Å². The zero-order chi connectivity index (χ0) is 18.4. The molecule has 0 aromatic heterocycles. The van der Waals surface area contributed by atoms with Crippen LogP contribution in [-0.2, 0) is 12.8 Å². The van der Waals surface area contributed by atoms with E-state index in [9.17, 15) is 20.1 Å². The van der Waals surface area contributed by atoms with Crippen molar-refractivity contribution in [1.82, 2.24) is 0 Å². The molecule has 0 unspecified atom stereocenters. The minimum atomic E-state index is -1.17. The van der Waals surface area contributed by atoms with Crippen LogP contribution in [0, 0.1) is 0 Å². The van der Waals surface area contributed by atoms with Gasteiger partial charge in [0.1, 0.15) is 17.1 Å². The summed E-state index contributed by atoms with van der Waals surface area (Å²) in [4.78, 5) is 11.1. The molecule has 0 aliphatic carbocycles. The number of rotatable bonds is 8. The second kappa shape index (κ2) is 8.28. The standard InChI is InChI=1S/C19H22O6/c1-2-4-13-17(9-7-14(18(13)22)19(23)24)25-10-3-5-12-6-8-15(20)16(21)11-12/h6-9,11,20-22H,2-5,10H2,1H3,(H,23,24). The van der Waals surface area contributed by atoms with E-state index in [1.165, 1.54) is 18.2 Å². The van der Waals surface area contributed by atoms with Gasteiger partial charge in [-0.15, -0.1) is 0 Å². The Balaban J connectivity index is 2.01. The smallest absolute Gasteiger partial charge is 0.339 e. The Hall–Kier alpha value is -2.89. The Morgan fingerprint density at radius 3 is 2.44 bits per heavy atom. The highest BCUT2D eigenvalue weighted by Crippen LogP contribution is 2.33. The number of carbonyl (C=O) groups is 1. The lowest BCUT2D eigenvalue weighted by Gasteiger charge is -2.14. The van der Waals surface area contributed by atoms with Crippen LogP contribution in [0.3, 0.4) is 0 Å². The third kappa shape index (κ3) is 4.56. The number of hydrogen-bond acceptors (Lipinski definition) is 5. The molecule has 4 N–H and O–H groups in total. The number of aryl methyl sites for hydroxylation is 1. The monoisotopic (exact) mass is 346 g/mol. The largest absolute Gasteiger partial charge is 0.507 e. The van der Waals surface area contributed by atoms with Crippen LogP contribution in [0.25, 0.3) is 0 Å². The van der Waals surface area contributed by atoms with E-state index < -0.39 is 5.97 Å². The van der Waals surface area contributed by atoms with Gasteiger partial charge in [-0.25, -0.2) is 4.79 Å². The summed E-state index contributed by atoms with van der Waals surface area (Å²) in [5.74, 6) is -1.24. The first-order chi connectivity index (χ1) is 11.9. The predicted molar refractivity (Wildman–Crippen MR) is 92.6 cm³/mol. The molecule has 0 saturated carbocycles. The molecular weight excluding hydrogens is 324 g/mol. The molecule has 6 heteroatoms. The summed E-state index contributed by atoms with van der Waals surface area (Å²) in [6.45, 7) is 2.32. The Kier molecular flexibility index (Phi) is 6.11. The topological polar surface area (TPSA) is 107 Å². The van der Waals surface area contributed by atoms with Crippen molar-refractivity contribution in [1.29, 1.82) is 0 Å². The number of phenolic OH excluding ortho intramolecular Hbond substituents is 2. The molecule has 2 rings (SSSR count). The minimum absolute atomic E-state index is 0.129. The summed E-state index contributed by atoms with van der Waals surface area (Å²) in [6, 6.07) is 7.58. The molecule has 2 aromatic carbocycles. The van der Waals surface area contributed by atoms with Crippen LogP contribution >= 0.6 is 0 Å². The maximum atomic E-state index is 11.1. The molecule has 0 fully saturated rings. The Labute approximate surface area is 145 Å². The van der Waals surface area contributed by atoms with Crippen molar-refractivity contribution in [3.05, 3.63) is 47.0 Å². The number of aromatic hydroxyl groups is 3. The highest BCUT2D eigenvalue weighted by Gasteiger charge is 2.17. The van der Waals surface area contributed by atoms with Gasteiger partial charge in [0.2, 0.25) is 0 Å². The molecule has 0 bridgehead atoms. The normalized spacial score (nSPS) is 10.6. The lowest BCUT2D eigenvalue weighted by molar-refractivity contribution is 0.0693. The summed E-state index contributed by atoms with van der Waals surface area (Å²) in [6.07, 6.45) is 2.58. The van der Waals surface area contributed by atoms with Gasteiger partial charge in [-0.05, 0) is 49.1 Å². The average Bonchev–Trinajstić information content (AvgIpc) is 2.57. The van der Waals surface area contributed by atoms with Crippen molar-refractivity contribution in [3.8, 4) is 23.0 Å². The van der Waals surface area contributed by atoms with Crippen LogP contribution in [0.1, 0.15) is 41.3 Å². The van der Waals surface area contributed by atoms with Gasteiger partial charge in [-0.2, -0.15) is 0 Å². The molecule has 0 aliphatic heterocycles. The van der Waals surface area contributed by atoms with Crippen molar-refractivity contribution < 1.29 is 30.0 Å². The van der Waals surface area contributed by atoms with E-state index in [0.29, 0.717) is 37.2 Å². The lowest BCUT2D eigenvalue weighted by Crippen LogP contribution is -2.05. The van der Waals surface area contributed by atoms with Crippen LogP contribution in [0.4, 0.5) is 0 Å². The Morgan fingerprint density at radius 2 is 1.80 bits per heavy atom. The van der Waals surface area contributed by atoms with E-state index in [-0.39, 0.29) is 22.8 Å². The molecule has 0 atom stereocenters. The second-order valence-electron chi connectivity index (χ2n) is 5.77. The molecule has 0 amide bonds. The van der Waals surface area contributed by atoms with Crippen LogP contribution in [0.5, 0.6) is 23.0 Å². The molecular formula is C19H22O6. The minimum Gasteiger partial charge on any atom is -0.507 e. The molecule has 6 nitrogen and oxygen atoms in total. The van der Waals surface area contributed by atoms with Gasteiger partial charge in [-0.3, -0.25) is 0 Å². The third-order valence-corrected chi connectivity index (χ3v) is 3.88. The van der Waals surface area contributed by atoms with Gasteiger partial charge < -0.3 is 25.2 Å². The van der Waals surface area contributed by atoms with Gasteiger partial charge in [0, 0.05) is 5.56 Å². The first kappa shape index (κ1) is 18.4. The number of hydrogen-bond donors (Lipinski definition) is 4. The molecule has 0 spiro atoms. The summed E-state index contributed by atoms with van der Waals surface area (Å²) in [5, 5.41) is 38.0.